The van der Waals surface area contributed by atoms with E-state index in [1.165, 1.54) is 276 Å². The molecule has 0 rings (SSSR count). The normalized spacial score (nSPS) is 13.4. The summed E-state index contributed by atoms with van der Waals surface area (Å²) in [5, 5.41) is 33.4. The first-order valence-electron chi connectivity index (χ1n) is 30.8. The number of rotatable bonds is 57. The second-order valence-corrected chi connectivity index (χ2v) is 21.3. The lowest BCUT2D eigenvalue weighted by molar-refractivity contribution is -0.131. The first-order valence-corrected chi connectivity index (χ1v) is 30.8. The standard InChI is InChI=1S/C63H121NO4/c1-3-5-7-9-11-13-15-17-19-21-23-24-25-26-27-28-29-30-31-32-33-34-35-36-37-38-39-40-42-44-46-48-50-52-54-56-58-62(67)63(68)64-60(59-65)61(66)57-55-53-51-49-47-45-43-41-22-20-18-16-14-12-10-8-6-4-2/h30-31,47,49,55,57,60-62,65-67H,3-29,32-46,48,50-54,56,58-59H2,1-2H3,(H,64,68)/b31-30-,49-47+,57-55+. The van der Waals surface area contributed by atoms with Gasteiger partial charge in [-0.2, -0.15) is 0 Å². The number of hydrogen-bond donors (Lipinski definition) is 4. The molecule has 3 atom stereocenters. The van der Waals surface area contributed by atoms with Gasteiger partial charge in [0.25, 0.3) is 0 Å². The number of aliphatic hydroxyl groups is 3. The van der Waals surface area contributed by atoms with Crippen LogP contribution in [0.25, 0.3) is 0 Å². The maximum Gasteiger partial charge on any atom is 0.249 e. The Balaban J connectivity index is 3.51. The van der Waals surface area contributed by atoms with Crippen LogP contribution in [0.5, 0.6) is 0 Å². The Labute approximate surface area is 425 Å². The molecule has 0 fully saturated rings. The van der Waals surface area contributed by atoms with E-state index >= 15 is 0 Å². The van der Waals surface area contributed by atoms with Crippen molar-refractivity contribution in [2.75, 3.05) is 6.61 Å². The molecular weight excluding hydrogens is 835 g/mol. The molecule has 0 aromatic rings. The van der Waals surface area contributed by atoms with Gasteiger partial charge >= 0.3 is 0 Å². The van der Waals surface area contributed by atoms with Crippen LogP contribution in [0.4, 0.5) is 0 Å². The van der Waals surface area contributed by atoms with Gasteiger partial charge in [-0.3, -0.25) is 4.79 Å². The molecule has 3 unspecified atom stereocenters. The molecule has 0 aliphatic rings. The lowest BCUT2D eigenvalue weighted by Gasteiger charge is -2.21. The van der Waals surface area contributed by atoms with Gasteiger partial charge in [0.1, 0.15) is 6.10 Å². The highest BCUT2D eigenvalue weighted by atomic mass is 16.3. The molecule has 5 heteroatoms. The summed E-state index contributed by atoms with van der Waals surface area (Å²) in [6.45, 7) is 4.20. The Morgan fingerprint density at radius 3 is 0.897 bits per heavy atom. The molecule has 0 aromatic heterocycles. The lowest BCUT2D eigenvalue weighted by Crippen LogP contribution is -2.48. The van der Waals surface area contributed by atoms with Crippen LogP contribution in [0.2, 0.25) is 0 Å². The van der Waals surface area contributed by atoms with Gasteiger partial charge in [0.2, 0.25) is 5.91 Å². The molecule has 5 nitrogen and oxygen atoms in total. The molecule has 402 valence electrons. The predicted molar refractivity (Wildman–Crippen MR) is 301 cm³/mol. The number of carbonyl (C=O) groups excluding carboxylic acids is 1. The minimum absolute atomic E-state index is 0.374. The monoisotopic (exact) mass is 956 g/mol. The molecule has 0 heterocycles. The van der Waals surface area contributed by atoms with E-state index in [1.54, 1.807) is 6.08 Å². The first kappa shape index (κ1) is 66.6. The summed E-state index contributed by atoms with van der Waals surface area (Å²) in [7, 11) is 0. The average Bonchev–Trinajstić information content (AvgIpc) is 3.34. The number of nitrogens with one attached hydrogen (secondary N) is 1. The van der Waals surface area contributed by atoms with Crippen molar-refractivity contribution in [1.82, 2.24) is 5.32 Å². The number of aliphatic hydroxyl groups excluding tert-OH is 3. The van der Waals surface area contributed by atoms with Crippen LogP contribution < -0.4 is 5.32 Å². The van der Waals surface area contributed by atoms with Crippen LogP contribution in [-0.2, 0) is 4.79 Å². The summed E-state index contributed by atoms with van der Waals surface area (Å²) in [6, 6.07) is -0.814. The summed E-state index contributed by atoms with van der Waals surface area (Å²) in [5.74, 6) is -0.508. The van der Waals surface area contributed by atoms with Gasteiger partial charge in [0.15, 0.2) is 0 Å². The van der Waals surface area contributed by atoms with Gasteiger partial charge in [-0.1, -0.05) is 314 Å². The van der Waals surface area contributed by atoms with Crippen molar-refractivity contribution < 1.29 is 20.1 Å². The van der Waals surface area contributed by atoms with Crippen LogP contribution in [0.3, 0.4) is 0 Å². The molecule has 0 spiro atoms. The van der Waals surface area contributed by atoms with Crippen molar-refractivity contribution in [3.63, 3.8) is 0 Å². The number of amides is 1. The van der Waals surface area contributed by atoms with Gasteiger partial charge in [-0.05, 0) is 57.8 Å². The number of unbranched alkanes of at least 4 members (excludes halogenated alkanes) is 45. The smallest absolute Gasteiger partial charge is 0.249 e. The van der Waals surface area contributed by atoms with E-state index < -0.39 is 24.2 Å². The molecule has 68 heavy (non-hydrogen) atoms. The quantitative estimate of drug-likeness (QED) is 0.0361. The molecule has 0 aromatic carbocycles. The van der Waals surface area contributed by atoms with Crippen molar-refractivity contribution >= 4 is 5.91 Å². The fourth-order valence-corrected chi connectivity index (χ4v) is 9.67. The topological polar surface area (TPSA) is 89.8 Å². The Bertz CT molecular complexity index is 1060. The average molecular weight is 957 g/mol. The Hall–Kier alpha value is -1.43. The van der Waals surface area contributed by atoms with Crippen LogP contribution >= 0.6 is 0 Å². The summed E-state index contributed by atoms with van der Waals surface area (Å²) in [6.07, 6.45) is 76.9. The maximum absolute atomic E-state index is 12.6. The maximum atomic E-state index is 12.6. The predicted octanol–water partition coefficient (Wildman–Crippen LogP) is 19.4. The van der Waals surface area contributed by atoms with Crippen LogP contribution in [0.15, 0.2) is 36.5 Å². The highest BCUT2D eigenvalue weighted by Gasteiger charge is 2.22. The summed E-state index contributed by atoms with van der Waals surface area (Å²) >= 11 is 0. The second kappa shape index (κ2) is 58.1. The molecule has 0 bridgehead atoms. The Morgan fingerprint density at radius 1 is 0.353 bits per heavy atom. The van der Waals surface area contributed by atoms with Gasteiger partial charge in [-0.15, -0.1) is 0 Å². The highest BCUT2D eigenvalue weighted by molar-refractivity contribution is 5.80. The highest BCUT2D eigenvalue weighted by Crippen LogP contribution is 2.18. The summed E-state index contributed by atoms with van der Waals surface area (Å²) < 4.78 is 0. The fourth-order valence-electron chi connectivity index (χ4n) is 9.67. The zero-order valence-corrected chi connectivity index (χ0v) is 46.0. The third-order valence-corrected chi connectivity index (χ3v) is 14.5. The third-order valence-electron chi connectivity index (χ3n) is 14.5. The minimum Gasteiger partial charge on any atom is -0.394 e. The van der Waals surface area contributed by atoms with E-state index in [0.29, 0.717) is 6.42 Å². The largest absolute Gasteiger partial charge is 0.394 e. The van der Waals surface area contributed by atoms with Crippen molar-refractivity contribution in [2.45, 2.75) is 353 Å². The number of carbonyl (C=O) groups is 1. The van der Waals surface area contributed by atoms with Crippen molar-refractivity contribution in [3.8, 4) is 0 Å². The van der Waals surface area contributed by atoms with Gasteiger partial charge in [0, 0.05) is 0 Å². The molecule has 1 amide bonds. The lowest BCUT2D eigenvalue weighted by atomic mass is 10.0. The van der Waals surface area contributed by atoms with Gasteiger partial charge < -0.3 is 20.6 Å². The minimum atomic E-state index is -1.11. The van der Waals surface area contributed by atoms with Gasteiger partial charge in [-0.25, -0.2) is 0 Å². The molecular formula is C63H121NO4. The Kier molecular flexibility index (Phi) is 56.9. The fraction of sp³-hybridized carbons (Fsp3) is 0.889. The van der Waals surface area contributed by atoms with E-state index in [-0.39, 0.29) is 6.61 Å². The molecule has 0 aliphatic carbocycles. The molecule has 0 aliphatic heterocycles. The van der Waals surface area contributed by atoms with Crippen molar-refractivity contribution in [1.29, 1.82) is 0 Å². The van der Waals surface area contributed by atoms with E-state index in [9.17, 15) is 20.1 Å². The van der Waals surface area contributed by atoms with Crippen LogP contribution in [-0.4, -0.2) is 46.1 Å². The van der Waals surface area contributed by atoms with E-state index in [1.807, 2.05) is 6.08 Å². The molecule has 0 saturated heterocycles. The summed E-state index contributed by atoms with van der Waals surface area (Å²) in [5.41, 5.74) is 0. The van der Waals surface area contributed by atoms with E-state index in [0.717, 1.165) is 38.5 Å². The SMILES string of the molecule is CCCCCCCCCCCCCC/C=C/CC/C=C/C(O)C(CO)NC(=O)C(O)CCCCCCCCCCCCCCCCCC/C=C\CCCCCCCCCCCCCCCCCC. The number of allylic oxidation sites excluding steroid dienone is 5. The zero-order valence-electron chi connectivity index (χ0n) is 46.0. The molecule has 0 radical (unpaired) electrons. The van der Waals surface area contributed by atoms with E-state index in [4.69, 9.17) is 0 Å². The number of hydrogen-bond acceptors (Lipinski definition) is 4. The molecule has 4 N–H and O–H groups in total. The van der Waals surface area contributed by atoms with Gasteiger partial charge in [0.05, 0.1) is 18.8 Å². The van der Waals surface area contributed by atoms with Crippen LogP contribution in [0, 0.1) is 0 Å². The van der Waals surface area contributed by atoms with E-state index in [2.05, 4.69) is 43.5 Å². The molecule has 0 saturated carbocycles. The van der Waals surface area contributed by atoms with Crippen LogP contribution in [0.1, 0.15) is 335 Å². The first-order chi connectivity index (χ1) is 33.6. The van der Waals surface area contributed by atoms with Crippen molar-refractivity contribution in [2.24, 2.45) is 0 Å². The Morgan fingerprint density at radius 2 is 0.603 bits per heavy atom. The second-order valence-electron chi connectivity index (χ2n) is 21.3. The summed E-state index contributed by atoms with van der Waals surface area (Å²) in [4.78, 5) is 12.6. The third kappa shape index (κ3) is 52.4. The zero-order chi connectivity index (χ0) is 49.3. The van der Waals surface area contributed by atoms with Crippen molar-refractivity contribution in [3.05, 3.63) is 36.5 Å².